The van der Waals surface area contributed by atoms with Gasteiger partial charge >= 0.3 is 216 Å². The third-order valence-corrected chi connectivity index (χ3v) is 9.34. The molecule has 4 atom stereocenters. The van der Waals surface area contributed by atoms with Crippen LogP contribution in [0.2, 0.25) is 0 Å². The van der Waals surface area contributed by atoms with E-state index >= 15 is 0 Å². The van der Waals surface area contributed by atoms with Gasteiger partial charge in [0, 0.05) is 0 Å². The van der Waals surface area contributed by atoms with Crippen LogP contribution >= 0.6 is 0 Å². The summed E-state index contributed by atoms with van der Waals surface area (Å²) in [5.74, 6) is -4.36. The summed E-state index contributed by atoms with van der Waals surface area (Å²) in [4.78, 5) is 32.4. The molecule has 1 aromatic rings. The Morgan fingerprint density at radius 3 is 2.30 bits per heavy atom. The number of benzene rings is 1. The number of phenolic OH excluding ortho intramolecular Hbond substituents is 1. The average molecular weight is 594 g/mol. The predicted octanol–water partition coefficient (Wildman–Crippen LogP) is 2.06. The fraction of sp³-hybridized carbons (Fsp3) is 0.594. The van der Waals surface area contributed by atoms with Crippen molar-refractivity contribution < 1.29 is 30.0 Å². The summed E-state index contributed by atoms with van der Waals surface area (Å²) < 4.78 is 0. The number of carbonyl (C=O) groups is 2. The van der Waals surface area contributed by atoms with E-state index in [1.165, 1.54) is 0 Å². The monoisotopic (exact) mass is 593 g/mol. The molecule has 10 nitrogen and oxygen atoms in total. The summed E-state index contributed by atoms with van der Waals surface area (Å²) in [6.07, 6.45) is 1.48. The van der Waals surface area contributed by atoms with Crippen LogP contribution in [-0.2, 0) is 22.6 Å². The zero-order chi connectivity index (χ0) is 32.3. The van der Waals surface area contributed by atoms with Crippen molar-refractivity contribution in [2.45, 2.75) is 65.1 Å². The van der Waals surface area contributed by atoms with Gasteiger partial charge in [0.25, 0.3) is 0 Å². The van der Waals surface area contributed by atoms with Gasteiger partial charge in [-0.05, 0) is 11.8 Å². The molecule has 43 heavy (non-hydrogen) atoms. The van der Waals surface area contributed by atoms with Crippen molar-refractivity contribution in [3.8, 4) is 5.75 Å². The van der Waals surface area contributed by atoms with Crippen LogP contribution in [0.5, 0.6) is 5.75 Å². The number of hydrogen-bond acceptors (Lipinski definition) is 9. The Balaban J connectivity index is 1.87. The Kier molecular flexibility index (Phi) is 8.69. The van der Waals surface area contributed by atoms with Crippen molar-refractivity contribution in [2.75, 3.05) is 46.2 Å². The molecule has 233 valence electrons. The second kappa shape index (κ2) is 11.4. The van der Waals surface area contributed by atoms with Crippen LogP contribution in [0.3, 0.4) is 0 Å². The summed E-state index contributed by atoms with van der Waals surface area (Å²) in [6.45, 7) is 11.0. The number of ketones is 1. The second-order valence-corrected chi connectivity index (χ2v) is 13.9. The van der Waals surface area contributed by atoms with Crippen LogP contribution in [0.4, 0.5) is 5.69 Å². The Labute approximate surface area is 255 Å². The van der Waals surface area contributed by atoms with E-state index in [4.69, 9.17) is 13.2 Å². The number of aliphatic hydroxyl groups is 3. The van der Waals surface area contributed by atoms with Gasteiger partial charge in [0.1, 0.15) is 0 Å². The van der Waals surface area contributed by atoms with E-state index in [1.807, 2.05) is 19.0 Å². The topological polar surface area (TPSA) is 151 Å². The molecular weight excluding hydrogens is 547 g/mol. The molecule has 0 heterocycles. The van der Waals surface area contributed by atoms with Gasteiger partial charge in [-0.2, -0.15) is 0 Å². The molecule has 1 fully saturated rings. The number of anilines is 1. The number of fused-ring (bicyclic) bond motifs is 3. The van der Waals surface area contributed by atoms with Gasteiger partial charge in [-0.3, -0.25) is 0 Å². The molecule has 1 aromatic carbocycles. The van der Waals surface area contributed by atoms with Crippen molar-refractivity contribution >= 4 is 36.1 Å². The average Bonchev–Trinajstić information content (AvgIpc) is 2.87. The molecule has 3 aliphatic carbocycles. The number of amides is 1. The summed E-state index contributed by atoms with van der Waals surface area (Å²) in [5.41, 5.74) is 4.86. The minimum absolute atomic E-state index is 0.0509. The van der Waals surface area contributed by atoms with E-state index in [1.54, 1.807) is 25.1 Å². The van der Waals surface area contributed by atoms with E-state index < -0.39 is 57.7 Å². The molecule has 1 saturated carbocycles. The number of carbonyl (C=O) groups excluding carboxylic acids is 2. The van der Waals surface area contributed by atoms with Gasteiger partial charge in [0.2, 0.25) is 0 Å². The van der Waals surface area contributed by atoms with E-state index in [9.17, 15) is 30.0 Å². The first-order valence-electron chi connectivity index (χ1n) is 14.9. The normalized spacial score (nSPS) is 25.7. The van der Waals surface area contributed by atoms with Crippen molar-refractivity contribution in [2.24, 2.45) is 23.0 Å². The fourth-order valence-electron chi connectivity index (χ4n) is 7.23. The zero-order valence-electron chi connectivity index (χ0n) is 26.7. The van der Waals surface area contributed by atoms with E-state index in [-0.39, 0.29) is 28.7 Å². The van der Waals surface area contributed by atoms with Crippen LogP contribution < -0.4 is 10.6 Å². The third-order valence-electron chi connectivity index (χ3n) is 9.34. The number of nitrogens with two attached hydrogens (primary N) is 1. The SMILES string of the molecule is [B]=C1C(C(N)=O)=C(O)[C@@H](N(C)C)C2C[C@@H]3Cc4c(c(O)cc(CN(CC)CCC(C)(C)C)c4N(C)C)C(O)=C3C(=O)[C@]12O. The number of rotatable bonds is 8. The molecule has 1 amide bonds. The molecule has 6 N–H and O–H groups in total. The van der Waals surface area contributed by atoms with Crippen LogP contribution in [-0.4, -0.2) is 108 Å². The molecule has 0 aromatic heterocycles. The predicted molar refractivity (Wildman–Crippen MR) is 169 cm³/mol. The minimum atomic E-state index is -2.39. The Morgan fingerprint density at radius 2 is 1.79 bits per heavy atom. The molecule has 4 rings (SSSR count). The second-order valence-electron chi connectivity index (χ2n) is 13.9. The van der Waals surface area contributed by atoms with Gasteiger partial charge < -0.3 is 0 Å². The summed E-state index contributed by atoms with van der Waals surface area (Å²) in [6, 6.07) is 0.716. The molecule has 0 bridgehead atoms. The van der Waals surface area contributed by atoms with Gasteiger partial charge in [-0.15, -0.1) is 0 Å². The molecule has 1 radical (unpaired) electrons. The third kappa shape index (κ3) is 5.40. The summed E-state index contributed by atoms with van der Waals surface area (Å²) in [7, 11) is 13.4. The van der Waals surface area contributed by atoms with Crippen molar-refractivity contribution in [3.63, 3.8) is 0 Å². The number of phenols is 1. The maximum atomic E-state index is 14.2. The summed E-state index contributed by atoms with van der Waals surface area (Å²) >= 11 is 0. The van der Waals surface area contributed by atoms with E-state index in [0.717, 1.165) is 30.8 Å². The maximum absolute atomic E-state index is 14.2. The molecular formula is C32H46BN4O6. The molecule has 1 unspecified atom stereocenters. The molecule has 0 saturated heterocycles. The molecule has 11 heteroatoms. The Bertz CT molecular complexity index is 1430. The summed E-state index contributed by atoms with van der Waals surface area (Å²) in [5, 5.41) is 46.0. The zero-order valence-corrected chi connectivity index (χ0v) is 26.7. The molecule has 0 aliphatic heterocycles. The van der Waals surface area contributed by atoms with Crippen LogP contribution in [0.25, 0.3) is 5.76 Å². The fourth-order valence-corrected chi connectivity index (χ4v) is 7.23. The van der Waals surface area contributed by atoms with E-state index in [0.29, 0.717) is 18.5 Å². The van der Waals surface area contributed by atoms with Gasteiger partial charge in [0.15, 0.2) is 0 Å². The molecule has 0 spiro atoms. The number of primary amides is 1. The van der Waals surface area contributed by atoms with Crippen LogP contribution in [0.15, 0.2) is 23.0 Å². The van der Waals surface area contributed by atoms with Crippen molar-refractivity contribution in [3.05, 3.63) is 39.7 Å². The standard InChI is InChI=1S/C32H46BN4O6/c1-9-37(11-10-31(2,3)4)15-17-14-20(38)22-18(24(17)35(5)6)12-16-13-19-25(36(7)8)27(40)23(30(34)42)28(33)32(19,43)29(41)21(16)26(22)39/h14,16,19,25,38-40,43H,9-13,15H2,1-8H3,(H2,34,42)/t16-,19?,25-,32+/m0/s1. The van der Waals surface area contributed by atoms with Crippen molar-refractivity contribution in [1.82, 2.24) is 9.80 Å². The number of Topliss-reactive ketones (excluding diaryl/α,β-unsaturated/α-hetero) is 1. The van der Waals surface area contributed by atoms with Gasteiger partial charge in [0.05, 0.1) is 0 Å². The first kappa shape index (κ1) is 32.8. The number of aromatic hydroxyl groups is 1. The number of likely N-dealkylation sites (N-methyl/N-ethyl adjacent to an activating group) is 1. The van der Waals surface area contributed by atoms with Gasteiger partial charge in [-0.25, -0.2) is 0 Å². The van der Waals surface area contributed by atoms with Crippen LogP contribution in [0, 0.1) is 17.3 Å². The Hall–Kier alpha value is -3.15. The first-order valence-corrected chi connectivity index (χ1v) is 14.9. The van der Waals surface area contributed by atoms with E-state index in [2.05, 4.69) is 32.6 Å². The van der Waals surface area contributed by atoms with Gasteiger partial charge in [-0.1, -0.05) is 27.7 Å². The first-order chi connectivity index (χ1) is 19.9. The van der Waals surface area contributed by atoms with Crippen molar-refractivity contribution in [1.29, 1.82) is 0 Å². The molecule has 3 aliphatic rings. The number of nitrogens with zero attached hydrogens (tertiary/aromatic N) is 3. The van der Waals surface area contributed by atoms with Crippen LogP contribution in [0.1, 0.15) is 57.2 Å². The Morgan fingerprint density at radius 1 is 1.16 bits per heavy atom. The number of hydrogen-bond donors (Lipinski definition) is 5. The number of aliphatic hydroxyl groups excluding tert-OH is 2. The quantitative estimate of drug-likeness (QED) is 0.286.